The molecule has 148 valence electrons. The first-order valence-corrected chi connectivity index (χ1v) is 9.95. The van der Waals surface area contributed by atoms with Crippen molar-refractivity contribution < 1.29 is 9.59 Å². The molecule has 28 heavy (non-hydrogen) atoms. The Morgan fingerprint density at radius 1 is 1.07 bits per heavy atom. The highest BCUT2D eigenvalue weighted by atomic mass is 16.2. The Labute approximate surface area is 167 Å². The predicted octanol–water partition coefficient (Wildman–Crippen LogP) is 3.91. The molecule has 2 aromatic carbocycles. The van der Waals surface area contributed by atoms with Gasteiger partial charge in [0.25, 0.3) is 0 Å². The highest BCUT2D eigenvalue weighted by Gasteiger charge is 2.24. The topological polar surface area (TPSA) is 61.4 Å². The summed E-state index contributed by atoms with van der Waals surface area (Å²) in [7, 11) is 0. The number of nitrogens with one attached hydrogen (secondary N) is 2. The zero-order valence-corrected chi connectivity index (χ0v) is 16.7. The Morgan fingerprint density at radius 2 is 1.82 bits per heavy atom. The van der Waals surface area contributed by atoms with Crippen LogP contribution in [-0.2, 0) is 11.2 Å². The Bertz CT molecular complexity index is 817. The van der Waals surface area contributed by atoms with E-state index < -0.39 is 0 Å². The van der Waals surface area contributed by atoms with Gasteiger partial charge in [0.15, 0.2) is 0 Å². The van der Waals surface area contributed by atoms with Gasteiger partial charge in [-0.05, 0) is 55.9 Å². The zero-order chi connectivity index (χ0) is 19.9. The number of rotatable bonds is 5. The maximum atomic E-state index is 12.7. The molecule has 0 radical (unpaired) electrons. The molecule has 0 bridgehead atoms. The normalized spacial score (nSPS) is 16.5. The minimum atomic E-state index is -0.202. The number of hydrogen-bond donors (Lipinski definition) is 2. The third kappa shape index (κ3) is 5.59. The summed E-state index contributed by atoms with van der Waals surface area (Å²) in [5, 5.41) is 5.80. The van der Waals surface area contributed by atoms with Gasteiger partial charge in [0.05, 0.1) is 6.42 Å². The maximum absolute atomic E-state index is 12.7. The molecule has 3 rings (SSSR count). The molecule has 5 nitrogen and oxygen atoms in total. The van der Waals surface area contributed by atoms with Crippen molar-refractivity contribution in [2.45, 2.75) is 33.1 Å². The van der Waals surface area contributed by atoms with Crippen LogP contribution in [0.1, 0.15) is 29.5 Å². The molecule has 2 aromatic rings. The first-order valence-electron chi connectivity index (χ1n) is 9.95. The van der Waals surface area contributed by atoms with Crippen LogP contribution in [0.25, 0.3) is 0 Å². The molecule has 1 atom stereocenters. The number of anilines is 1. The van der Waals surface area contributed by atoms with Crippen molar-refractivity contribution in [1.29, 1.82) is 0 Å². The number of benzene rings is 2. The van der Waals surface area contributed by atoms with Crippen LogP contribution in [0.4, 0.5) is 10.5 Å². The predicted molar refractivity (Wildman–Crippen MR) is 112 cm³/mol. The fourth-order valence-corrected chi connectivity index (χ4v) is 3.59. The minimum Gasteiger partial charge on any atom is -0.342 e. The summed E-state index contributed by atoms with van der Waals surface area (Å²) in [4.78, 5) is 26.8. The van der Waals surface area contributed by atoms with Crippen LogP contribution in [0.15, 0.2) is 48.5 Å². The average Bonchev–Trinajstić information content (AvgIpc) is 2.70. The van der Waals surface area contributed by atoms with Crippen LogP contribution in [-0.4, -0.2) is 36.5 Å². The fourth-order valence-electron chi connectivity index (χ4n) is 3.59. The van der Waals surface area contributed by atoms with E-state index >= 15 is 0 Å². The highest BCUT2D eigenvalue weighted by molar-refractivity contribution is 5.89. The smallest absolute Gasteiger partial charge is 0.319 e. The summed E-state index contributed by atoms with van der Waals surface area (Å²) >= 11 is 0. The number of aryl methyl sites for hydroxylation is 2. The van der Waals surface area contributed by atoms with Gasteiger partial charge in [-0.2, -0.15) is 0 Å². The summed E-state index contributed by atoms with van der Waals surface area (Å²) in [5.74, 6) is 0.460. The summed E-state index contributed by atoms with van der Waals surface area (Å²) in [6.45, 7) is 6.13. The van der Waals surface area contributed by atoms with Crippen molar-refractivity contribution in [3.05, 3.63) is 65.2 Å². The standard InChI is InChI=1S/C23H29N3O2/c1-17-9-11-21(12-10-17)25-23(28)24-15-19-7-5-13-26(16-19)22(27)14-20-8-4-3-6-18(20)2/h3-4,6,8-12,19H,5,7,13-16H2,1-2H3,(H2,24,25,28). The molecular weight excluding hydrogens is 350 g/mol. The SMILES string of the molecule is Cc1ccc(NC(=O)NCC2CCCN(C(=O)Cc3ccccc3C)C2)cc1. The van der Waals surface area contributed by atoms with Crippen LogP contribution in [0.2, 0.25) is 0 Å². The van der Waals surface area contributed by atoms with Crippen molar-refractivity contribution >= 4 is 17.6 Å². The second kappa shape index (κ2) is 9.40. The molecule has 2 N–H and O–H groups in total. The number of hydrogen-bond acceptors (Lipinski definition) is 2. The summed E-state index contributed by atoms with van der Waals surface area (Å²) in [6, 6.07) is 15.5. The van der Waals surface area contributed by atoms with Crippen LogP contribution < -0.4 is 10.6 Å². The molecule has 5 heteroatoms. The van der Waals surface area contributed by atoms with E-state index in [9.17, 15) is 9.59 Å². The first-order chi connectivity index (χ1) is 13.5. The molecule has 1 aliphatic heterocycles. The number of nitrogens with zero attached hydrogens (tertiary/aromatic N) is 1. The second-order valence-electron chi connectivity index (χ2n) is 7.65. The van der Waals surface area contributed by atoms with Crippen molar-refractivity contribution in [2.24, 2.45) is 5.92 Å². The quantitative estimate of drug-likeness (QED) is 0.827. The van der Waals surface area contributed by atoms with Gasteiger partial charge in [0.2, 0.25) is 5.91 Å². The lowest BCUT2D eigenvalue weighted by molar-refractivity contribution is -0.132. The van der Waals surface area contributed by atoms with Gasteiger partial charge in [-0.25, -0.2) is 4.79 Å². The van der Waals surface area contributed by atoms with E-state index in [1.807, 2.05) is 67.3 Å². The van der Waals surface area contributed by atoms with Crippen LogP contribution in [0.5, 0.6) is 0 Å². The Hall–Kier alpha value is -2.82. The molecule has 1 unspecified atom stereocenters. The molecule has 1 fully saturated rings. The summed E-state index contributed by atoms with van der Waals surface area (Å²) < 4.78 is 0. The number of likely N-dealkylation sites (tertiary alicyclic amines) is 1. The van der Waals surface area contributed by atoms with Crippen molar-refractivity contribution in [2.75, 3.05) is 25.0 Å². The molecule has 1 heterocycles. The molecule has 0 saturated carbocycles. The van der Waals surface area contributed by atoms with Gasteiger partial charge in [0.1, 0.15) is 0 Å². The Kier molecular flexibility index (Phi) is 6.69. The third-order valence-corrected chi connectivity index (χ3v) is 5.34. The van der Waals surface area contributed by atoms with E-state index in [2.05, 4.69) is 10.6 Å². The van der Waals surface area contributed by atoms with Crippen LogP contribution >= 0.6 is 0 Å². The van der Waals surface area contributed by atoms with E-state index in [-0.39, 0.29) is 11.9 Å². The lowest BCUT2D eigenvalue weighted by Gasteiger charge is -2.33. The molecule has 3 amide bonds. The van der Waals surface area contributed by atoms with Gasteiger partial charge < -0.3 is 15.5 Å². The van der Waals surface area contributed by atoms with Gasteiger partial charge in [0, 0.05) is 25.3 Å². The Balaban J connectivity index is 1.46. The summed E-state index contributed by atoms with van der Waals surface area (Å²) in [6.07, 6.45) is 2.45. The lowest BCUT2D eigenvalue weighted by atomic mass is 9.97. The van der Waals surface area contributed by atoms with E-state index in [0.29, 0.717) is 25.4 Å². The number of amides is 3. The maximum Gasteiger partial charge on any atom is 0.319 e. The molecule has 0 aromatic heterocycles. The van der Waals surface area contributed by atoms with Crippen molar-refractivity contribution in [1.82, 2.24) is 10.2 Å². The Morgan fingerprint density at radius 3 is 2.57 bits per heavy atom. The highest BCUT2D eigenvalue weighted by Crippen LogP contribution is 2.18. The molecular formula is C23H29N3O2. The first kappa shape index (κ1) is 19.9. The van der Waals surface area contributed by atoms with E-state index in [0.717, 1.165) is 41.8 Å². The monoisotopic (exact) mass is 379 g/mol. The van der Waals surface area contributed by atoms with Crippen molar-refractivity contribution in [3.8, 4) is 0 Å². The summed E-state index contributed by atoms with van der Waals surface area (Å²) in [5.41, 5.74) is 4.18. The number of carbonyl (C=O) groups excluding carboxylic acids is 2. The molecule has 0 aliphatic carbocycles. The van der Waals surface area contributed by atoms with E-state index in [4.69, 9.17) is 0 Å². The van der Waals surface area contributed by atoms with Gasteiger partial charge in [-0.15, -0.1) is 0 Å². The number of piperidine rings is 1. The van der Waals surface area contributed by atoms with Crippen LogP contribution in [0, 0.1) is 19.8 Å². The molecule has 0 spiro atoms. The fraction of sp³-hybridized carbons (Fsp3) is 0.391. The van der Waals surface area contributed by atoms with Crippen LogP contribution in [0.3, 0.4) is 0 Å². The minimum absolute atomic E-state index is 0.170. The van der Waals surface area contributed by atoms with Crippen molar-refractivity contribution in [3.63, 3.8) is 0 Å². The lowest BCUT2D eigenvalue weighted by Crippen LogP contribution is -2.44. The number of carbonyl (C=O) groups is 2. The molecule has 1 aliphatic rings. The average molecular weight is 380 g/mol. The largest absolute Gasteiger partial charge is 0.342 e. The van der Waals surface area contributed by atoms with Gasteiger partial charge >= 0.3 is 6.03 Å². The van der Waals surface area contributed by atoms with E-state index in [1.54, 1.807) is 0 Å². The third-order valence-electron chi connectivity index (χ3n) is 5.34. The van der Waals surface area contributed by atoms with E-state index in [1.165, 1.54) is 0 Å². The zero-order valence-electron chi connectivity index (χ0n) is 16.7. The molecule has 1 saturated heterocycles. The number of urea groups is 1. The second-order valence-corrected chi connectivity index (χ2v) is 7.65. The van der Waals surface area contributed by atoms with Gasteiger partial charge in [-0.3, -0.25) is 4.79 Å². The van der Waals surface area contributed by atoms with Gasteiger partial charge in [-0.1, -0.05) is 42.0 Å².